The Morgan fingerprint density at radius 1 is 1.26 bits per heavy atom. The number of rotatable bonds is 8. The van der Waals surface area contributed by atoms with Crippen molar-refractivity contribution >= 4 is 0 Å². The highest BCUT2D eigenvalue weighted by Gasteiger charge is 2.34. The molecule has 3 heteroatoms. The first-order valence-electron chi connectivity index (χ1n) is 7.77. The Labute approximate surface area is 118 Å². The Hall–Kier alpha value is -0.380. The third kappa shape index (κ3) is 5.64. The van der Waals surface area contributed by atoms with Gasteiger partial charge in [-0.05, 0) is 12.8 Å². The summed E-state index contributed by atoms with van der Waals surface area (Å²) < 4.78 is 11.3. The lowest BCUT2D eigenvalue weighted by Gasteiger charge is -2.37. The molecule has 0 unspecified atom stereocenters. The lowest BCUT2D eigenvalue weighted by molar-refractivity contribution is -0.0899. The molecule has 0 aliphatic carbocycles. The van der Waals surface area contributed by atoms with Gasteiger partial charge >= 0.3 is 0 Å². The van der Waals surface area contributed by atoms with Crippen LogP contribution in [0.2, 0.25) is 0 Å². The van der Waals surface area contributed by atoms with Crippen LogP contribution >= 0.6 is 0 Å². The second kappa shape index (κ2) is 9.51. The Balaban J connectivity index is 2.24. The van der Waals surface area contributed by atoms with Crippen LogP contribution in [-0.4, -0.2) is 32.0 Å². The summed E-state index contributed by atoms with van der Waals surface area (Å²) in [4.78, 5) is 0. The van der Waals surface area contributed by atoms with Crippen LogP contribution in [-0.2, 0) is 9.47 Å². The average Bonchev–Trinajstić information content (AvgIpc) is 2.40. The van der Waals surface area contributed by atoms with Gasteiger partial charge in [0.25, 0.3) is 0 Å². The van der Waals surface area contributed by atoms with E-state index < -0.39 is 0 Å². The van der Waals surface area contributed by atoms with Crippen LogP contribution in [0.25, 0.3) is 0 Å². The smallest absolute Gasteiger partial charge is 0.0932 e. The molecule has 0 bridgehead atoms. The molecule has 0 amide bonds. The van der Waals surface area contributed by atoms with Gasteiger partial charge in [-0.25, -0.2) is 0 Å². The zero-order valence-corrected chi connectivity index (χ0v) is 12.8. The van der Waals surface area contributed by atoms with E-state index in [1.807, 2.05) is 0 Å². The van der Waals surface area contributed by atoms with Crippen LogP contribution in [0.4, 0.5) is 0 Å². The third-order valence-electron chi connectivity index (χ3n) is 3.94. The summed E-state index contributed by atoms with van der Waals surface area (Å²) in [6.07, 6.45) is 12.2. The minimum Gasteiger partial charge on any atom is -0.379 e. The van der Waals surface area contributed by atoms with Gasteiger partial charge in [0, 0.05) is 13.0 Å². The normalized spacial score (nSPS) is 32.0. The molecule has 0 aromatic heterocycles. The molecule has 0 spiro atoms. The molecular weight excluding hydrogens is 238 g/mol. The van der Waals surface area contributed by atoms with E-state index in [0.717, 1.165) is 13.0 Å². The lowest BCUT2D eigenvalue weighted by Crippen LogP contribution is -2.54. The van der Waals surface area contributed by atoms with E-state index in [2.05, 4.69) is 26.0 Å². The minimum absolute atomic E-state index is 0.0109. The van der Waals surface area contributed by atoms with E-state index >= 15 is 0 Å². The zero-order valence-electron chi connectivity index (χ0n) is 12.8. The van der Waals surface area contributed by atoms with E-state index in [-0.39, 0.29) is 18.2 Å². The Morgan fingerprint density at radius 2 is 2.00 bits per heavy atom. The summed E-state index contributed by atoms with van der Waals surface area (Å²) in [5.41, 5.74) is 6.20. The first kappa shape index (κ1) is 16.7. The Bertz CT molecular complexity index is 255. The largest absolute Gasteiger partial charge is 0.379 e. The predicted molar refractivity (Wildman–Crippen MR) is 80.2 cm³/mol. The number of ether oxygens (including phenoxy) is 2. The highest BCUT2D eigenvalue weighted by atomic mass is 16.5. The molecular formula is C16H31NO2. The van der Waals surface area contributed by atoms with Crippen molar-refractivity contribution in [3.05, 3.63) is 12.2 Å². The molecule has 0 aromatic rings. The van der Waals surface area contributed by atoms with Crippen molar-refractivity contribution in [3.8, 4) is 0 Å². The highest BCUT2D eigenvalue weighted by Crippen LogP contribution is 2.22. The van der Waals surface area contributed by atoms with Gasteiger partial charge in [0.05, 0.1) is 24.9 Å². The molecule has 112 valence electrons. The van der Waals surface area contributed by atoms with E-state index in [0.29, 0.717) is 5.92 Å². The first-order valence-corrected chi connectivity index (χ1v) is 7.77. The van der Waals surface area contributed by atoms with Crippen LogP contribution in [0.15, 0.2) is 12.2 Å². The zero-order chi connectivity index (χ0) is 14.1. The summed E-state index contributed by atoms with van der Waals surface area (Å²) in [5.74, 6) is 0.374. The van der Waals surface area contributed by atoms with Gasteiger partial charge in [-0.15, -0.1) is 0 Å². The van der Waals surface area contributed by atoms with Crippen LogP contribution in [0.3, 0.4) is 0 Å². The summed E-state index contributed by atoms with van der Waals surface area (Å²) in [5, 5.41) is 0. The van der Waals surface area contributed by atoms with E-state index in [1.54, 1.807) is 7.11 Å². The molecule has 1 aliphatic heterocycles. The van der Waals surface area contributed by atoms with Crippen molar-refractivity contribution in [3.63, 3.8) is 0 Å². The van der Waals surface area contributed by atoms with E-state index in [4.69, 9.17) is 15.2 Å². The summed E-state index contributed by atoms with van der Waals surface area (Å²) >= 11 is 0. The fourth-order valence-corrected chi connectivity index (χ4v) is 2.70. The molecule has 4 atom stereocenters. The van der Waals surface area contributed by atoms with E-state index in [1.165, 1.54) is 32.1 Å². The monoisotopic (exact) mass is 269 g/mol. The quantitative estimate of drug-likeness (QED) is 0.543. The van der Waals surface area contributed by atoms with Gasteiger partial charge in [0.2, 0.25) is 0 Å². The summed E-state index contributed by atoms with van der Waals surface area (Å²) in [7, 11) is 1.74. The number of allylic oxidation sites excluding steroid dienone is 1. The van der Waals surface area contributed by atoms with Gasteiger partial charge in [-0.3, -0.25) is 0 Å². The second-order valence-electron chi connectivity index (χ2n) is 5.68. The Morgan fingerprint density at radius 3 is 2.68 bits per heavy atom. The lowest BCUT2D eigenvalue weighted by atomic mass is 9.91. The van der Waals surface area contributed by atoms with Gasteiger partial charge in [-0.1, -0.05) is 51.7 Å². The maximum absolute atomic E-state index is 6.20. The molecule has 1 rings (SSSR count). The molecule has 0 radical (unpaired) electrons. The fourth-order valence-electron chi connectivity index (χ4n) is 2.70. The topological polar surface area (TPSA) is 44.5 Å². The Kier molecular flexibility index (Phi) is 8.35. The molecule has 2 N–H and O–H groups in total. The number of nitrogens with two attached hydrogens (primary N) is 1. The average molecular weight is 269 g/mol. The molecule has 1 heterocycles. The summed E-state index contributed by atoms with van der Waals surface area (Å²) in [6.45, 7) is 5.11. The van der Waals surface area contributed by atoms with Crippen molar-refractivity contribution in [1.29, 1.82) is 0 Å². The molecule has 0 aromatic carbocycles. The number of unbranched alkanes of at least 4 members (excludes halogenated alkanes) is 5. The van der Waals surface area contributed by atoms with Gasteiger partial charge in [0.1, 0.15) is 0 Å². The van der Waals surface area contributed by atoms with Crippen molar-refractivity contribution in [2.45, 2.75) is 70.6 Å². The molecule has 1 fully saturated rings. The van der Waals surface area contributed by atoms with Crippen molar-refractivity contribution in [2.24, 2.45) is 11.7 Å². The van der Waals surface area contributed by atoms with Gasteiger partial charge in [-0.2, -0.15) is 0 Å². The van der Waals surface area contributed by atoms with Gasteiger partial charge in [0.15, 0.2) is 0 Å². The number of hydrogen-bond donors (Lipinski definition) is 1. The number of methoxy groups -OCH3 is 1. The van der Waals surface area contributed by atoms with Crippen LogP contribution < -0.4 is 5.73 Å². The van der Waals surface area contributed by atoms with Crippen LogP contribution in [0.5, 0.6) is 0 Å². The van der Waals surface area contributed by atoms with Crippen molar-refractivity contribution in [1.82, 2.24) is 0 Å². The number of hydrogen-bond acceptors (Lipinski definition) is 3. The standard InChI is InChI=1S/C16H31NO2/c1-4-5-6-7-8-9-10-11-14-15(17)16(18-3)13(2)12-19-14/h10-11,13-16H,4-9,12,17H2,1-3H3/t13-,14+,15+,16+/m1/s1. The van der Waals surface area contributed by atoms with E-state index in [9.17, 15) is 0 Å². The van der Waals surface area contributed by atoms with Crippen LogP contribution in [0, 0.1) is 5.92 Å². The second-order valence-corrected chi connectivity index (χ2v) is 5.68. The molecule has 0 saturated carbocycles. The highest BCUT2D eigenvalue weighted by molar-refractivity contribution is 5.01. The first-order chi connectivity index (χ1) is 9.20. The van der Waals surface area contributed by atoms with Crippen molar-refractivity contribution in [2.75, 3.05) is 13.7 Å². The molecule has 1 aliphatic rings. The maximum Gasteiger partial charge on any atom is 0.0932 e. The SMILES string of the molecule is CCCCCCCC=C[C@@H]1OC[C@@H](C)[C@H](OC)[C@H]1N. The molecule has 3 nitrogen and oxygen atoms in total. The predicted octanol–water partition coefficient (Wildman–Crippen LogP) is 3.28. The minimum atomic E-state index is -0.0508. The van der Waals surface area contributed by atoms with Crippen LogP contribution in [0.1, 0.15) is 52.4 Å². The maximum atomic E-state index is 6.20. The van der Waals surface area contributed by atoms with Crippen molar-refractivity contribution < 1.29 is 9.47 Å². The fraction of sp³-hybridized carbons (Fsp3) is 0.875. The third-order valence-corrected chi connectivity index (χ3v) is 3.94. The molecule has 1 saturated heterocycles. The summed E-state index contributed by atoms with van der Waals surface area (Å²) in [6, 6.07) is -0.0508. The molecule has 19 heavy (non-hydrogen) atoms. The van der Waals surface area contributed by atoms with Gasteiger partial charge < -0.3 is 15.2 Å².